The number of aromatic nitrogens is 2. The third kappa shape index (κ3) is 2.70. The molecule has 0 spiro atoms. The van der Waals surface area contributed by atoms with Crippen LogP contribution in [0.2, 0.25) is 0 Å². The van der Waals surface area contributed by atoms with Crippen molar-refractivity contribution >= 4 is 31.9 Å². The predicted octanol–water partition coefficient (Wildman–Crippen LogP) is 3.26. The minimum absolute atomic E-state index is 0.163. The quantitative estimate of drug-likeness (QED) is 0.807. The Hall–Kier alpha value is -1.01. The Bertz CT molecular complexity index is 655. The van der Waals surface area contributed by atoms with Crippen LogP contribution in [0, 0.1) is 12.7 Å². The van der Waals surface area contributed by atoms with Crippen LogP contribution in [0.1, 0.15) is 11.4 Å². The average molecular weight is 376 g/mol. The summed E-state index contributed by atoms with van der Waals surface area (Å²) in [5.74, 6) is 0.196. The summed E-state index contributed by atoms with van der Waals surface area (Å²) >= 11 is 6.32. The van der Waals surface area contributed by atoms with Crippen molar-refractivity contribution in [3.8, 4) is 0 Å². The molecule has 0 radical (unpaired) electrons. The summed E-state index contributed by atoms with van der Waals surface area (Å²) in [6.07, 6.45) is 1.45. The van der Waals surface area contributed by atoms with Gasteiger partial charge in [0, 0.05) is 16.2 Å². The molecule has 0 saturated carbocycles. The zero-order valence-corrected chi connectivity index (χ0v) is 12.6. The summed E-state index contributed by atoms with van der Waals surface area (Å²) in [6.45, 7) is 1.88. The fourth-order valence-electron chi connectivity index (χ4n) is 1.56. The molecule has 0 bridgehead atoms. The van der Waals surface area contributed by atoms with E-state index in [1.54, 1.807) is 19.1 Å². The lowest BCUT2D eigenvalue weighted by atomic mass is 10.2. The maximum Gasteiger partial charge on any atom is 0.268 e. The minimum atomic E-state index is -0.351. The molecule has 0 aliphatic heterocycles. The molecule has 0 saturated heterocycles. The third-order valence-electron chi connectivity index (χ3n) is 2.55. The highest BCUT2D eigenvalue weighted by atomic mass is 79.9. The Kier molecular flexibility index (Phi) is 3.97. The molecule has 0 aliphatic carbocycles. The first kappa shape index (κ1) is 13.4. The fraction of sp³-hybridized carbons (Fsp3) is 0.167. The Morgan fingerprint density at radius 2 is 2.11 bits per heavy atom. The van der Waals surface area contributed by atoms with E-state index in [1.165, 1.54) is 16.8 Å². The van der Waals surface area contributed by atoms with Crippen molar-refractivity contribution in [2.24, 2.45) is 0 Å². The smallest absolute Gasteiger partial charge is 0.268 e. The molecule has 1 aromatic carbocycles. The number of aryl methyl sites for hydroxylation is 1. The number of halogens is 3. The lowest BCUT2D eigenvalue weighted by Crippen LogP contribution is -2.24. The van der Waals surface area contributed by atoms with E-state index in [2.05, 4.69) is 36.8 Å². The molecule has 0 aliphatic rings. The standard InChI is InChI=1S/C12H9Br2FN2O/c1-7-16-5-10(14)12(18)17(7)6-8-2-3-9(13)4-11(8)15/h2-5H,6H2,1H3. The number of hydrogen-bond donors (Lipinski definition) is 0. The summed E-state index contributed by atoms with van der Waals surface area (Å²) in [7, 11) is 0. The van der Waals surface area contributed by atoms with E-state index in [-0.39, 0.29) is 17.9 Å². The monoisotopic (exact) mass is 374 g/mol. The van der Waals surface area contributed by atoms with Crippen molar-refractivity contribution in [3.63, 3.8) is 0 Å². The Balaban J connectivity index is 2.46. The van der Waals surface area contributed by atoms with Crippen LogP contribution in [0.15, 0.2) is 38.1 Å². The van der Waals surface area contributed by atoms with Gasteiger partial charge in [-0.2, -0.15) is 0 Å². The second kappa shape index (κ2) is 5.32. The van der Waals surface area contributed by atoms with Crippen LogP contribution in [0.4, 0.5) is 4.39 Å². The van der Waals surface area contributed by atoms with E-state index in [0.29, 0.717) is 20.3 Å². The molecule has 18 heavy (non-hydrogen) atoms. The molecular formula is C12H9Br2FN2O. The van der Waals surface area contributed by atoms with Crippen LogP contribution < -0.4 is 5.56 Å². The summed E-state index contributed by atoms with van der Waals surface area (Å²) in [6, 6.07) is 4.76. The van der Waals surface area contributed by atoms with Crippen molar-refractivity contribution in [2.45, 2.75) is 13.5 Å². The molecule has 2 rings (SSSR count). The van der Waals surface area contributed by atoms with Gasteiger partial charge in [0.25, 0.3) is 5.56 Å². The van der Waals surface area contributed by atoms with E-state index in [9.17, 15) is 9.18 Å². The Morgan fingerprint density at radius 1 is 1.39 bits per heavy atom. The first-order chi connectivity index (χ1) is 8.49. The molecule has 0 atom stereocenters. The van der Waals surface area contributed by atoms with E-state index in [0.717, 1.165) is 0 Å². The summed E-state index contributed by atoms with van der Waals surface area (Å²) in [5.41, 5.74) is 0.230. The molecule has 6 heteroatoms. The van der Waals surface area contributed by atoms with Gasteiger partial charge in [-0.1, -0.05) is 22.0 Å². The van der Waals surface area contributed by atoms with Crippen molar-refractivity contribution in [1.82, 2.24) is 9.55 Å². The van der Waals surface area contributed by atoms with Crippen LogP contribution >= 0.6 is 31.9 Å². The molecule has 0 fully saturated rings. The van der Waals surface area contributed by atoms with Crippen LogP contribution in [0.25, 0.3) is 0 Å². The predicted molar refractivity (Wildman–Crippen MR) is 74.1 cm³/mol. The number of benzene rings is 1. The van der Waals surface area contributed by atoms with Gasteiger partial charge in [0.1, 0.15) is 16.1 Å². The molecular weight excluding hydrogens is 367 g/mol. The average Bonchev–Trinajstić information content (AvgIpc) is 2.32. The van der Waals surface area contributed by atoms with Gasteiger partial charge in [0.05, 0.1) is 6.54 Å². The zero-order valence-electron chi connectivity index (χ0n) is 9.45. The molecule has 3 nitrogen and oxygen atoms in total. The summed E-state index contributed by atoms with van der Waals surface area (Å²) < 4.78 is 16.2. The number of nitrogens with zero attached hydrogens (tertiary/aromatic N) is 2. The van der Waals surface area contributed by atoms with E-state index in [4.69, 9.17) is 0 Å². The highest BCUT2D eigenvalue weighted by molar-refractivity contribution is 9.10. The lowest BCUT2D eigenvalue weighted by Gasteiger charge is -2.10. The van der Waals surface area contributed by atoms with E-state index >= 15 is 0 Å². The topological polar surface area (TPSA) is 34.9 Å². The van der Waals surface area contributed by atoms with Gasteiger partial charge in [0.2, 0.25) is 0 Å². The SMILES string of the molecule is Cc1ncc(Br)c(=O)n1Cc1ccc(Br)cc1F. The van der Waals surface area contributed by atoms with Crippen LogP contribution in [-0.4, -0.2) is 9.55 Å². The van der Waals surface area contributed by atoms with Crippen LogP contribution in [0.5, 0.6) is 0 Å². The number of hydrogen-bond acceptors (Lipinski definition) is 2. The van der Waals surface area contributed by atoms with Gasteiger partial charge in [-0.25, -0.2) is 9.37 Å². The van der Waals surface area contributed by atoms with Crippen LogP contribution in [-0.2, 0) is 6.54 Å². The first-order valence-electron chi connectivity index (χ1n) is 5.15. The number of rotatable bonds is 2. The zero-order chi connectivity index (χ0) is 13.3. The Labute approximate surface area is 120 Å². The van der Waals surface area contributed by atoms with E-state index < -0.39 is 0 Å². The molecule has 0 N–H and O–H groups in total. The highest BCUT2D eigenvalue weighted by Gasteiger charge is 2.09. The molecule has 1 aromatic heterocycles. The summed E-state index contributed by atoms with van der Waals surface area (Å²) in [5, 5.41) is 0. The van der Waals surface area contributed by atoms with Gasteiger partial charge in [0.15, 0.2) is 0 Å². The largest absolute Gasteiger partial charge is 0.291 e. The second-order valence-corrected chi connectivity index (χ2v) is 5.55. The van der Waals surface area contributed by atoms with E-state index in [1.807, 2.05) is 0 Å². The van der Waals surface area contributed by atoms with Gasteiger partial charge in [-0.15, -0.1) is 0 Å². The molecule has 94 valence electrons. The van der Waals surface area contributed by atoms with Gasteiger partial charge < -0.3 is 0 Å². The molecule has 1 heterocycles. The lowest BCUT2D eigenvalue weighted by molar-refractivity contribution is 0.588. The van der Waals surface area contributed by atoms with Crippen molar-refractivity contribution < 1.29 is 4.39 Å². The normalized spacial score (nSPS) is 10.7. The highest BCUT2D eigenvalue weighted by Crippen LogP contribution is 2.16. The first-order valence-corrected chi connectivity index (χ1v) is 6.73. The fourth-order valence-corrected chi connectivity index (χ4v) is 2.21. The van der Waals surface area contributed by atoms with Crippen molar-refractivity contribution in [1.29, 1.82) is 0 Å². The minimum Gasteiger partial charge on any atom is -0.291 e. The van der Waals surface area contributed by atoms with Crippen molar-refractivity contribution in [3.05, 3.63) is 60.9 Å². The molecule has 2 aromatic rings. The molecule has 0 unspecified atom stereocenters. The van der Waals surface area contributed by atoms with Crippen LogP contribution in [0.3, 0.4) is 0 Å². The van der Waals surface area contributed by atoms with Gasteiger partial charge >= 0.3 is 0 Å². The second-order valence-electron chi connectivity index (χ2n) is 3.78. The maximum absolute atomic E-state index is 13.7. The van der Waals surface area contributed by atoms with Gasteiger partial charge in [-0.05, 0) is 35.0 Å². The summed E-state index contributed by atoms with van der Waals surface area (Å²) in [4.78, 5) is 16.0. The van der Waals surface area contributed by atoms with Crippen molar-refractivity contribution in [2.75, 3.05) is 0 Å². The Morgan fingerprint density at radius 3 is 2.78 bits per heavy atom. The molecule has 0 amide bonds. The van der Waals surface area contributed by atoms with Gasteiger partial charge in [-0.3, -0.25) is 9.36 Å². The maximum atomic E-state index is 13.7. The third-order valence-corrected chi connectivity index (χ3v) is 3.59.